The zero-order valence-electron chi connectivity index (χ0n) is 5.61. The van der Waals surface area contributed by atoms with E-state index in [1.54, 1.807) is 0 Å². The van der Waals surface area contributed by atoms with Crippen molar-refractivity contribution in [1.82, 2.24) is 0 Å². The van der Waals surface area contributed by atoms with Gasteiger partial charge in [0.1, 0.15) is 4.90 Å². The standard InChI is InChI=1S/C6H4F5S/c7-12(8,9,10,11)6-4-2-1-3-5-6/h1-2,4-5H. The molecule has 6 heteroatoms. The van der Waals surface area contributed by atoms with Crippen LogP contribution in [-0.2, 0) is 0 Å². The Bertz CT molecular complexity index is 285. The maximum Gasteiger partial charge on any atom is 0.310 e. The summed E-state index contributed by atoms with van der Waals surface area (Å²) in [5, 5.41) is 0. The Balaban J connectivity index is 3.36. The largest absolute Gasteiger partial charge is 0.310 e. The van der Waals surface area contributed by atoms with E-state index in [9.17, 15) is 19.4 Å². The fraction of sp³-hybridized carbons (Fsp3) is 0. The molecule has 0 spiro atoms. The van der Waals surface area contributed by atoms with E-state index in [4.69, 9.17) is 0 Å². The number of benzene rings is 1. The Kier molecular flexibility index (Phi) is 1.37. The Hall–Kier alpha value is -0.780. The third-order valence-electron chi connectivity index (χ3n) is 1.12. The summed E-state index contributed by atoms with van der Waals surface area (Å²) in [6.07, 6.45) is 0. The van der Waals surface area contributed by atoms with Crippen molar-refractivity contribution >= 4 is 10.2 Å². The van der Waals surface area contributed by atoms with Crippen molar-refractivity contribution in [2.45, 2.75) is 4.90 Å². The van der Waals surface area contributed by atoms with Crippen LogP contribution in [0.5, 0.6) is 0 Å². The molecule has 1 aromatic carbocycles. The maximum absolute atomic E-state index is 11.9. The average Bonchev–Trinajstić information content (AvgIpc) is 1.85. The van der Waals surface area contributed by atoms with Crippen LogP contribution >= 0.6 is 10.2 Å². The van der Waals surface area contributed by atoms with E-state index >= 15 is 0 Å². The molecule has 0 aliphatic heterocycles. The zero-order chi connectivity index (χ0) is 9.52. The number of halogens is 5. The summed E-state index contributed by atoms with van der Waals surface area (Å²) in [6.45, 7) is 0. The molecule has 0 N–H and O–H groups in total. The van der Waals surface area contributed by atoms with Gasteiger partial charge in [-0.25, -0.2) is 0 Å². The molecular formula is C6H4F5S. The van der Waals surface area contributed by atoms with Crippen molar-refractivity contribution < 1.29 is 19.4 Å². The molecule has 0 amide bonds. The van der Waals surface area contributed by atoms with Gasteiger partial charge in [0.15, 0.2) is 0 Å². The van der Waals surface area contributed by atoms with Crippen molar-refractivity contribution in [2.75, 3.05) is 0 Å². The van der Waals surface area contributed by atoms with Crippen LogP contribution < -0.4 is 0 Å². The molecule has 0 aromatic heterocycles. The topological polar surface area (TPSA) is 0 Å². The first kappa shape index (κ1) is 9.31. The first-order chi connectivity index (χ1) is 5.09. The first-order valence-electron chi connectivity index (χ1n) is 2.80. The second-order valence-corrected chi connectivity index (χ2v) is 4.62. The van der Waals surface area contributed by atoms with Gasteiger partial charge in [0.05, 0.1) is 0 Å². The average molecular weight is 203 g/mol. The molecule has 0 saturated carbocycles. The van der Waals surface area contributed by atoms with E-state index in [1.165, 1.54) is 0 Å². The van der Waals surface area contributed by atoms with Crippen molar-refractivity contribution in [3.63, 3.8) is 0 Å². The summed E-state index contributed by atoms with van der Waals surface area (Å²) in [5.41, 5.74) is 0. The van der Waals surface area contributed by atoms with Gasteiger partial charge in [0.25, 0.3) is 0 Å². The summed E-state index contributed by atoms with van der Waals surface area (Å²) < 4.78 is 59.6. The number of hydrogen-bond acceptors (Lipinski definition) is 0. The minimum absolute atomic E-state index is 0.238. The third-order valence-corrected chi connectivity index (χ3v) is 2.27. The van der Waals surface area contributed by atoms with Gasteiger partial charge in [-0.1, -0.05) is 31.6 Å². The molecule has 0 fully saturated rings. The molecule has 0 unspecified atom stereocenters. The minimum atomic E-state index is -9.46. The van der Waals surface area contributed by atoms with E-state index < -0.39 is 15.1 Å². The highest BCUT2D eigenvalue weighted by Gasteiger charge is 2.65. The Morgan fingerprint density at radius 2 is 1.67 bits per heavy atom. The summed E-state index contributed by atoms with van der Waals surface area (Å²) in [6, 6.07) is 4.50. The molecule has 0 aliphatic rings. The van der Waals surface area contributed by atoms with Crippen LogP contribution in [0, 0.1) is 6.07 Å². The van der Waals surface area contributed by atoms with Crippen molar-refractivity contribution in [3.8, 4) is 0 Å². The number of hydrogen-bond donors (Lipinski definition) is 0. The molecule has 0 bridgehead atoms. The van der Waals surface area contributed by atoms with E-state index in [1.807, 2.05) is 6.07 Å². The third kappa shape index (κ3) is 2.10. The van der Waals surface area contributed by atoms with Gasteiger partial charge in [-0.2, -0.15) is 0 Å². The molecule has 0 atom stereocenters. The molecule has 0 heterocycles. The fourth-order valence-electron chi connectivity index (χ4n) is 0.617. The molecule has 0 aliphatic carbocycles. The minimum Gasteiger partial charge on any atom is -0.0936 e. The van der Waals surface area contributed by atoms with Gasteiger partial charge in [0.2, 0.25) is 0 Å². The Morgan fingerprint density at radius 1 is 1.08 bits per heavy atom. The normalized spacial score (nSPS) is 18.1. The zero-order valence-corrected chi connectivity index (χ0v) is 6.42. The summed E-state index contributed by atoms with van der Waals surface area (Å²) in [4.78, 5) is -1.91. The smallest absolute Gasteiger partial charge is 0.0936 e. The highest BCUT2D eigenvalue weighted by atomic mass is 32.5. The Labute approximate surface area is 65.7 Å². The van der Waals surface area contributed by atoms with Crippen LogP contribution in [0.3, 0.4) is 0 Å². The van der Waals surface area contributed by atoms with Crippen molar-refractivity contribution in [3.05, 3.63) is 30.3 Å². The molecule has 12 heavy (non-hydrogen) atoms. The van der Waals surface area contributed by atoms with Crippen LogP contribution in [-0.4, -0.2) is 0 Å². The quantitative estimate of drug-likeness (QED) is 0.601. The predicted octanol–water partition coefficient (Wildman–Crippen LogP) is 4.14. The summed E-state index contributed by atoms with van der Waals surface area (Å²) in [7, 11) is -9.46. The summed E-state index contributed by atoms with van der Waals surface area (Å²) >= 11 is 0. The van der Waals surface area contributed by atoms with Gasteiger partial charge in [-0.3, -0.25) is 0 Å². The van der Waals surface area contributed by atoms with E-state index in [-0.39, 0.29) is 6.07 Å². The second-order valence-electron chi connectivity index (χ2n) is 2.21. The van der Waals surface area contributed by atoms with E-state index in [0.717, 1.165) is 12.1 Å². The second kappa shape index (κ2) is 1.76. The van der Waals surface area contributed by atoms with Crippen molar-refractivity contribution in [1.29, 1.82) is 0 Å². The van der Waals surface area contributed by atoms with Gasteiger partial charge in [-0.15, -0.1) is 0 Å². The molecule has 69 valence electrons. The molecule has 1 radical (unpaired) electrons. The highest BCUT2D eigenvalue weighted by molar-refractivity contribution is 8.45. The fourth-order valence-corrected chi connectivity index (χ4v) is 1.24. The Morgan fingerprint density at radius 3 is 1.92 bits per heavy atom. The SMILES string of the molecule is FS(F)(F)(F)(F)c1c[c]ccc1. The van der Waals surface area contributed by atoms with Crippen LogP contribution in [0.2, 0.25) is 0 Å². The van der Waals surface area contributed by atoms with Crippen LogP contribution in [0.15, 0.2) is 29.2 Å². The lowest BCUT2D eigenvalue weighted by Crippen LogP contribution is -2.05. The molecular weight excluding hydrogens is 199 g/mol. The van der Waals surface area contributed by atoms with Gasteiger partial charge >= 0.3 is 10.2 Å². The lowest BCUT2D eigenvalue weighted by atomic mass is 10.4. The van der Waals surface area contributed by atoms with Crippen molar-refractivity contribution in [2.24, 2.45) is 0 Å². The van der Waals surface area contributed by atoms with Gasteiger partial charge in [-0.05, 0) is 18.2 Å². The lowest BCUT2D eigenvalue weighted by molar-refractivity contribution is 0.364. The van der Waals surface area contributed by atoms with Gasteiger partial charge < -0.3 is 0 Å². The number of rotatable bonds is 1. The van der Waals surface area contributed by atoms with Crippen LogP contribution in [0.25, 0.3) is 0 Å². The molecule has 0 nitrogen and oxygen atoms in total. The monoisotopic (exact) mass is 203 g/mol. The van der Waals surface area contributed by atoms with E-state index in [2.05, 4.69) is 0 Å². The molecule has 1 rings (SSSR count). The van der Waals surface area contributed by atoms with Crippen LogP contribution in [0.4, 0.5) is 19.4 Å². The predicted molar refractivity (Wildman–Crippen MR) is 36.7 cm³/mol. The molecule has 0 saturated heterocycles. The summed E-state index contributed by atoms with van der Waals surface area (Å²) in [5.74, 6) is 0. The highest BCUT2D eigenvalue weighted by Crippen LogP contribution is 3.02. The molecule has 1 aromatic rings. The van der Waals surface area contributed by atoms with Crippen LogP contribution in [0.1, 0.15) is 0 Å². The first-order valence-corrected chi connectivity index (χ1v) is 4.75. The van der Waals surface area contributed by atoms with E-state index in [0.29, 0.717) is 6.07 Å². The maximum atomic E-state index is 11.9. The van der Waals surface area contributed by atoms with Gasteiger partial charge in [0, 0.05) is 0 Å². The lowest BCUT2D eigenvalue weighted by Gasteiger charge is -2.40.